The first-order valence-corrected chi connectivity index (χ1v) is 9.02. The molecule has 3 aromatic carbocycles. The molecule has 0 atom stereocenters. The molecule has 0 bridgehead atoms. The topological polar surface area (TPSA) is 17.3 Å². The molecule has 162 valence electrons. The average Bonchev–Trinajstić information content (AvgIpc) is 3.14. The van der Waals surface area contributed by atoms with Crippen LogP contribution in [0.1, 0.15) is 5.69 Å². The van der Waals surface area contributed by atoms with Crippen LogP contribution in [0.15, 0.2) is 30.5 Å². The van der Waals surface area contributed by atoms with Gasteiger partial charge in [-0.1, -0.05) is 0 Å². The number of benzene rings is 3. The predicted molar refractivity (Wildman–Crippen MR) is 100 cm³/mol. The summed E-state index contributed by atoms with van der Waals surface area (Å²) in [5, 5.41) is -0.748. The van der Waals surface area contributed by atoms with E-state index in [1.165, 1.54) is 23.6 Å². The summed E-state index contributed by atoms with van der Waals surface area (Å²) in [7, 11) is 0. The van der Waals surface area contributed by atoms with Gasteiger partial charge in [0, 0.05) is 27.9 Å². The van der Waals surface area contributed by atoms with Gasteiger partial charge in [-0.3, -0.25) is 4.40 Å². The molecule has 0 aliphatic carbocycles. The molecule has 0 saturated heterocycles. The van der Waals surface area contributed by atoms with Crippen LogP contribution in [0.2, 0.25) is 0 Å². The quantitative estimate of drug-likeness (QED) is 0.119. The number of aryl methyl sites for hydroxylation is 1. The molecule has 2 aromatic heterocycles. The van der Waals surface area contributed by atoms with Crippen molar-refractivity contribution >= 4 is 27.3 Å². The first-order valence-electron chi connectivity index (χ1n) is 9.02. The number of hydrogen-bond donors (Lipinski definition) is 0. The van der Waals surface area contributed by atoms with Crippen molar-refractivity contribution in [1.82, 2.24) is 9.38 Å². The van der Waals surface area contributed by atoms with Crippen LogP contribution in [0.3, 0.4) is 0 Å². The number of pyridine rings is 1. The summed E-state index contributed by atoms with van der Waals surface area (Å²) < 4.78 is 115. The van der Waals surface area contributed by atoms with E-state index in [2.05, 4.69) is 4.98 Å². The molecule has 2 nitrogen and oxygen atoms in total. The molecule has 0 radical (unpaired) electrons. The minimum atomic E-state index is -2.38. The molecule has 2 heterocycles. The lowest BCUT2D eigenvalue weighted by Crippen LogP contribution is -2.06. The van der Waals surface area contributed by atoms with Gasteiger partial charge in [0.1, 0.15) is 11.5 Å². The molecule has 10 heteroatoms. The molecule has 5 aromatic rings. The second kappa shape index (κ2) is 6.65. The summed E-state index contributed by atoms with van der Waals surface area (Å²) in [4.78, 5) is 4.20. The van der Waals surface area contributed by atoms with Crippen LogP contribution in [0.25, 0.3) is 38.4 Å². The highest BCUT2D eigenvalue weighted by atomic mass is 19.2. The molecule has 0 N–H and O–H groups in total. The monoisotopic (exact) mass is 452 g/mol. The van der Waals surface area contributed by atoms with Crippen molar-refractivity contribution in [2.45, 2.75) is 6.92 Å². The summed E-state index contributed by atoms with van der Waals surface area (Å²) in [6.45, 7) is 1.53. The predicted octanol–water partition coefficient (Wildman–Crippen LogP) is 6.73. The number of halogens is 8. The average molecular weight is 452 g/mol. The maximum atomic E-state index is 14.8. The van der Waals surface area contributed by atoms with Crippen LogP contribution in [-0.2, 0) is 0 Å². The lowest BCUT2D eigenvalue weighted by Gasteiger charge is -2.15. The lowest BCUT2D eigenvalue weighted by atomic mass is 9.96. The SMILES string of the molecule is Cc1cn2c(n1)c1ccc(F)c(F)c1c1cc(F)cc(-c3c(F)c(F)c(F)c(F)c3F)c12. The van der Waals surface area contributed by atoms with E-state index in [0.29, 0.717) is 11.8 Å². The van der Waals surface area contributed by atoms with Crippen molar-refractivity contribution in [1.29, 1.82) is 0 Å². The van der Waals surface area contributed by atoms with Gasteiger partial charge in [0.25, 0.3) is 0 Å². The van der Waals surface area contributed by atoms with Crippen molar-refractivity contribution in [3.63, 3.8) is 0 Å². The van der Waals surface area contributed by atoms with E-state index >= 15 is 0 Å². The van der Waals surface area contributed by atoms with Gasteiger partial charge in [-0.05, 0) is 31.2 Å². The fourth-order valence-electron chi connectivity index (χ4n) is 3.94. The fraction of sp³-hybridized carbons (Fsp3) is 0.0455. The molecule has 0 aliphatic rings. The maximum absolute atomic E-state index is 14.8. The second-order valence-electron chi connectivity index (χ2n) is 7.15. The molecular formula is C22H8F8N2. The number of rotatable bonds is 1. The van der Waals surface area contributed by atoms with E-state index in [-0.39, 0.29) is 21.9 Å². The summed E-state index contributed by atoms with van der Waals surface area (Å²) in [6.07, 6.45) is 1.35. The Hall–Kier alpha value is -3.69. The Bertz CT molecular complexity index is 1590. The minimum Gasteiger partial charge on any atom is -0.298 e. The lowest BCUT2D eigenvalue weighted by molar-refractivity contribution is 0.381. The van der Waals surface area contributed by atoms with Gasteiger partial charge >= 0.3 is 0 Å². The zero-order chi connectivity index (χ0) is 23.1. The van der Waals surface area contributed by atoms with Crippen molar-refractivity contribution in [3.05, 3.63) is 82.7 Å². The van der Waals surface area contributed by atoms with Crippen LogP contribution < -0.4 is 0 Å². The summed E-state index contributed by atoms with van der Waals surface area (Å²) in [6, 6.07) is 3.36. The number of nitrogens with zero attached hydrogens (tertiary/aromatic N) is 2. The first-order chi connectivity index (χ1) is 15.1. The van der Waals surface area contributed by atoms with Crippen molar-refractivity contribution in [3.8, 4) is 11.1 Å². The standard InChI is InChI=1S/C22H8F8N2/c1-7-6-32-21-10(13-9(22(32)31-7)2-3-12(24)15(13)25)4-8(23)5-11(21)14-16(26)18(28)20(30)19(29)17(14)27/h2-6H,1H3. The third kappa shape index (κ3) is 2.55. The molecule has 0 spiro atoms. The molecular weight excluding hydrogens is 444 g/mol. The van der Waals surface area contributed by atoms with Crippen molar-refractivity contribution in [2.24, 2.45) is 0 Å². The van der Waals surface area contributed by atoms with E-state index in [1.807, 2.05) is 0 Å². The smallest absolute Gasteiger partial charge is 0.200 e. The van der Waals surface area contributed by atoms with Crippen LogP contribution in [0.5, 0.6) is 0 Å². The summed E-state index contributed by atoms with van der Waals surface area (Å²) in [5.74, 6) is -15.1. The van der Waals surface area contributed by atoms with Crippen molar-refractivity contribution < 1.29 is 35.1 Å². The maximum Gasteiger partial charge on any atom is 0.200 e. The fourth-order valence-corrected chi connectivity index (χ4v) is 3.94. The highest BCUT2D eigenvalue weighted by Crippen LogP contribution is 2.40. The highest BCUT2D eigenvalue weighted by Gasteiger charge is 2.29. The Morgan fingerprint density at radius 1 is 0.719 bits per heavy atom. The Morgan fingerprint density at radius 3 is 2.00 bits per heavy atom. The molecule has 32 heavy (non-hydrogen) atoms. The third-order valence-corrected chi connectivity index (χ3v) is 5.23. The number of fused-ring (bicyclic) bond motifs is 6. The van der Waals surface area contributed by atoms with Crippen LogP contribution in [0.4, 0.5) is 35.1 Å². The van der Waals surface area contributed by atoms with Crippen molar-refractivity contribution in [2.75, 3.05) is 0 Å². The zero-order valence-electron chi connectivity index (χ0n) is 15.8. The Balaban J connectivity index is 2.13. The Morgan fingerprint density at radius 2 is 1.34 bits per heavy atom. The van der Waals surface area contributed by atoms with Crippen LogP contribution in [-0.4, -0.2) is 9.38 Å². The molecule has 0 unspecified atom stereocenters. The minimum absolute atomic E-state index is 0.0145. The number of imidazole rings is 1. The normalized spacial score (nSPS) is 11.9. The van der Waals surface area contributed by atoms with Gasteiger partial charge < -0.3 is 0 Å². The molecule has 0 fully saturated rings. The third-order valence-electron chi connectivity index (χ3n) is 5.23. The summed E-state index contributed by atoms with van der Waals surface area (Å²) in [5.41, 5.74) is -2.12. The Kier molecular flexibility index (Phi) is 4.20. The largest absolute Gasteiger partial charge is 0.298 e. The molecule has 0 saturated carbocycles. The van der Waals surface area contributed by atoms with Crippen LogP contribution >= 0.6 is 0 Å². The molecule has 5 rings (SSSR count). The van der Waals surface area contributed by atoms with E-state index in [4.69, 9.17) is 0 Å². The van der Waals surface area contributed by atoms with E-state index in [9.17, 15) is 35.1 Å². The van der Waals surface area contributed by atoms with Gasteiger partial charge in [0.05, 0.1) is 16.8 Å². The Labute approximate surface area is 173 Å². The highest BCUT2D eigenvalue weighted by molar-refractivity contribution is 6.15. The van der Waals surface area contributed by atoms with E-state index in [0.717, 1.165) is 12.1 Å². The molecule has 0 aliphatic heterocycles. The number of hydrogen-bond acceptors (Lipinski definition) is 1. The van der Waals surface area contributed by atoms with Gasteiger partial charge in [-0.25, -0.2) is 40.1 Å². The number of aromatic nitrogens is 2. The van der Waals surface area contributed by atoms with Gasteiger partial charge in [-0.15, -0.1) is 0 Å². The summed E-state index contributed by atoms with van der Waals surface area (Å²) >= 11 is 0. The first kappa shape index (κ1) is 20.2. The zero-order valence-corrected chi connectivity index (χ0v) is 15.8. The van der Waals surface area contributed by atoms with Crippen LogP contribution in [0, 0.1) is 53.5 Å². The van der Waals surface area contributed by atoms with E-state index in [1.54, 1.807) is 0 Å². The molecule has 0 amide bonds. The van der Waals surface area contributed by atoms with E-state index < -0.39 is 63.1 Å². The van der Waals surface area contributed by atoms with Gasteiger partial charge in [0.2, 0.25) is 5.82 Å². The second-order valence-corrected chi connectivity index (χ2v) is 7.15. The van der Waals surface area contributed by atoms with Gasteiger partial charge in [-0.2, -0.15) is 0 Å². The van der Waals surface area contributed by atoms with Gasteiger partial charge in [0.15, 0.2) is 34.9 Å².